The van der Waals surface area contributed by atoms with Gasteiger partial charge in [-0.15, -0.1) is 0 Å². The van der Waals surface area contributed by atoms with E-state index in [-0.39, 0.29) is 10.9 Å². The zero-order chi connectivity index (χ0) is 18.9. The number of aryl methyl sites for hydroxylation is 1. The molecule has 5 nitrogen and oxygen atoms in total. The fourth-order valence-electron chi connectivity index (χ4n) is 3.08. The minimum absolute atomic E-state index is 0.268. The van der Waals surface area contributed by atoms with E-state index >= 15 is 0 Å². The Hall–Kier alpha value is -2.47. The van der Waals surface area contributed by atoms with Crippen LogP contribution in [0.1, 0.15) is 25.0 Å². The number of ether oxygens (including phenoxy) is 2. The van der Waals surface area contributed by atoms with Crippen LogP contribution < -0.4 is 9.04 Å². The number of benzene rings is 2. The molecule has 0 fully saturated rings. The molecule has 0 N–H and O–H groups in total. The Labute approximate surface area is 154 Å². The number of hydrogen-bond acceptors (Lipinski definition) is 4. The minimum Gasteiger partial charge on any atom is -0.497 e. The number of rotatable bonds is 5. The summed E-state index contributed by atoms with van der Waals surface area (Å²) in [6, 6.07) is 11.9. The Balaban J connectivity index is 2.16. The van der Waals surface area contributed by atoms with Crippen molar-refractivity contribution in [2.24, 2.45) is 0 Å². The van der Waals surface area contributed by atoms with E-state index in [9.17, 15) is 8.42 Å². The average Bonchev–Trinajstić information content (AvgIpc) is 2.61. The number of fused-ring (bicyclic) bond motifs is 1. The van der Waals surface area contributed by atoms with Crippen LogP contribution in [0.4, 0.5) is 5.69 Å². The molecule has 0 saturated heterocycles. The first-order chi connectivity index (χ1) is 12.4. The SMILES string of the molecule is CCOC1=CC(C)N(S(=O)(=O)c2ccc(C)cc2)c2ccc(OC)cc21. The van der Waals surface area contributed by atoms with Gasteiger partial charge >= 0.3 is 0 Å². The molecule has 1 unspecified atom stereocenters. The maximum absolute atomic E-state index is 13.3. The van der Waals surface area contributed by atoms with Gasteiger partial charge < -0.3 is 9.47 Å². The van der Waals surface area contributed by atoms with Crippen molar-refractivity contribution in [3.8, 4) is 5.75 Å². The highest BCUT2D eigenvalue weighted by Crippen LogP contribution is 2.40. The molecule has 1 atom stereocenters. The van der Waals surface area contributed by atoms with Crippen LogP contribution in [0.3, 0.4) is 0 Å². The predicted octanol–water partition coefficient (Wildman–Crippen LogP) is 3.98. The largest absolute Gasteiger partial charge is 0.497 e. The van der Waals surface area contributed by atoms with E-state index in [1.165, 1.54) is 4.31 Å². The second-order valence-corrected chi connectivity index (χ2v) is 8.02. The normalized spacial score (nSPS) is 16.7. The van der Waals surface area contributed by atoms with Gasteiger partial charge in [0, 0.05) is 5.56 Å². The molecule has 0 radical (unpaired) electrons. The summed E-state index contributed by atoms with van der Waals surface area (Å²) >= 11 is 0. The lowest BCUT2D eigenvalue weighted by Crippen LogP contribution is -2.40. The Morgan fingerprint density at radius 2 is 1.81 bits per heavy atom. The van der Waals surface area contributed by atoms with Crippen LogP contribution in [-0.2, 0) is 14.8 Å². The van der Waals surface area contributed by atoms with Gasteiger partial charge in [0.1, 0.15) is 11.5 Å². The summed E-state index contributed by atoms with van der Waals surface area (Å²) in [6.45, 7) is 6.18. The smallest absolute Gasteiger partial charge is 0.264 e. The summed E-state index contributed by atoms with van der Waals surface area (Å²) in [5, 5.41) is 0. The molecule has 0 aromatic heterocycles. The molecule has 2 aromatic rings. The number of anilines is 1. The van der Waals surface area contributed by atoms with Gasteiger partial charge in [-0.2, -0.15) is 0 Å². The van der Waals surface area contributed by atoms with Gasteiger partial charge in [0.05, 0.1) is 30.3 Å². The number of sulfonamides is 1. The van der Waals surface area contributed by atoms with Crippen molar-refractivity contribution in [2.45, 2.75) is 31.7 Å². The van der Waals surface area contributed by atoms with Crippen LogP contribution in [0.25, 0.3) is 5.76 Å². The maximum atomic E-state index is 13.3. The number of methoxy groups -OCH3 is 1. The van der Waals surface area contributed by atoms with Crippen molar-refractivity contribution in [2.75, 3.05) is 18.0 Å². The van der Waals surface area contributed by atoms with Gasteiger partial charge in [-0.05, 0) is 57.2 Å². The lowest BCUT2D eigenvalue weighted by molar-refractivity contribution is 0.295. The first-order valence-electron chi connectivity index (χ1n) is 8.52. The van der Waals surface area contributed by atoms with Gasteiger partial charge in [-0.1, -0.05) is 17.7 Å². The lowest BCUT2D eigenvalue weighted by atomic mass is 10.0. The van der Waals surface area contributed by atoms with Crippen LogP contribution in [0.15, 0.2) is 53.4 Å². The topological polar surface area (TPSA) is 55.8 Å². The van der Waals surface area contributed by atoms with Crippen molar-refractivity contribution in [3.05, 3.63) is 59.7 Å². The monoisotopic (exact) mass is 373 g/mol. The van der Waals surface area contributed by atoms with Crippen LogP contribution in [-0.4, -0.2) is 28.2 Å². The third-order valence-electron chi connectivity index (χ3n) is 4.35. The molecule has 1 heterocycles. The maximum Gasteiger partial charge on any atom is 0.264 e. The van der Waals surface area contributed by atoms with Crippen LogP contribution >= 0.6 is 0 Å². The first-order valence-corrected chi connectivity index (χ1v) is 9.96. The summed E-state index contributed by atoms with van der Waals surface area (Å²) in [7, 11) is -2.13. The highest BCUT2D eigenvalue weighted by molar-refractivity contribution is 7.92. The molecule has 3 rings (SSSR count). The number of hydrogen-bond donors (Lipinski definition) is 0. The lowest BCUT2D eigenvalue weighted by Gasteiger charge is -2.34. The Bertz CT molecular complexity index is 933. The molecule has 1 aliphatic heterocycles. The number of nitrogens with zero attached hydrogens (tertiary/aromatic N) is 1. The van der Waals surface area contributed by atoms with Gasteiger partial charge in [-0.25, -0.2) is 8.42 Å². The predicted molar refractivity (Wildman–Crippen MR) is 103 cm³/mol. The van der Waals surface area contributed by atoms with Crippen LogP contribution in [0.2, 0.25) is 0 Å². The fraction of sp³-hybridized carbons (Fsp3) is 0.300. The van der Waals surface area contributed by atoms with E-state index < -0.39 is 10.0 Å². The Kier molecular flexibility index (Phi) is 4.96. The molecule has 26 heavy (non-hydrogen) atoms. The highest BCUT2D eigenvalue weighted by atomic mass is 32.2. The average molecular weight is 373 g/mol. The molecule has 6 heteroatoms. The molecular weight excluding hydrogens is 350 g/mol. The van der Waals surface area contributed by atoms with E-state index in [4.69, 9.17) is 9.47 Å². The third kappa shape index (κ3) is 3.17. The van der Waals surface area contributed by atoms with Gasteiger partial charge in [0.15, 0.2) is 0 Å². The van der Waals surface area contributed by atoms with Gasteiger partial charge in [0.2, 0.25) is 0 Å². The second-order valence-electron chi connectivity index (χ2n) is 6.20. The standard InChI is InChI=1S/C20H23NO4S/c1-5-25-20-12-15(3)21(19-11-8-16(24-4)13-18(19)20)26(22,23)17-9-6-14(2)7-10-17/h6-13,15H,5H2,1-4H3. The quantitative estimate of drug-likeness (QED) is 0.795. The summed E-state index contributed by atoms with van der Waals surface area (Å²) in [5.41, 5.74) is 2.31. The van der Waals surface area contributed by atoms with E-state index in [0.29, 0.717) is 29.4 Å². The molecule has 1 aliphatic rings. The molecule has 2 aromatic carbocycles. The summed E-state index contributed by atoms with van der Waals surface area (Å²) in [6.07, 6.45) is 1.83. The van der Waals surface area contributed by atoms with Crippen LogP contribution in [0.5, 0.6) is 5.75 Å². The summed E-state index contributed by atoms with van der Waals surface area (Å²) in [5.74, 6) is 1.32. The molecule has 0 amide bonds. The van der Waals surface area contributed by atoms with E-state index in [0.717, 1.165) is 5.56 Å². The van der Waals surface area contributed by atoms with Crippen molar-refractivity contribution in [1.29, 1.82) is 0 Å². The van der Waals surface area contributed by atoms with Crippen molar-refractivity contribution < 1.29 is 17.9 Å². The molecule has 138 valence electrons. The molecular formula is C20H23NO4S. The first kappa shape index (κ1) is 18.3. The second kappa shape index (κ2) is 7.03. The molecule has 0 aliphatic carbocycles. The van der Waals surface area contributed by atoms with E-state index in [2.05, 4.69) is 0 Å². The Morgan fingerprint density at radius 1 is 1.12 bits per heavy atom. The third-order valence-corrected chi connectivity index (χ3v) is 6.26. The summed E-state index contributed by atoms with van der Waals surface area (Å²) < 4.78 is 39.1. The minimum atomic E-state index is -3.71. The van der Waals surface area contributed by atoms with Gasteiger partial charge in [-0.3, -0.25) is 4.31 Å². The van der Waals surface area contributed by atoms with Crippen molar-refractivity contribution in [1.82, 2.24) is 0 Å². The highest BCUT2D eigenvalue weighted by Gasteiger charge is 2.34. The van der Waals surface area contributed by atoms with Gasteiger partial charge in [0.25, 0.3) is 10.0 Å². The van der Waals surface area contributed by atoms with E-state index in [1.54, 1.807) is 49.6 Å². The molecule has 0 bridgehead atoms. The van der Waals surface area contributed by atoms with Crippen molar-refractivity contribution in [3.63, 3.8) is 0 Å². The molecule has 0 saturated carbocycles. The molecule has 0 spiro atoms. The Morgan fingerprint density at radius 3 is 2.42 bits per heavy atom. The summed E-state index contributed by atoms with van der Waals surface area (Å²) in [4.78, 5) is 0.268. The van der Waals surface area contributed by atoms with Crippen LogP contribution in [0, 0.1) is 6.92 Å². The zero-order valence-corrected chi connectivity index (χ0v) is 16.2. The van der Waals surface area contributed by atoms with E-state index in [1.807, 2.05) is 26.8 Å². The fourth-order valence-corrected chi connectivity index (χ4v) is 4.71. The van der Waals surface area contributed by atoms with Crippen molar-refractivity contribution >= 4 is 21.5 Å². The zero-order valence-electron chi connectivity index (χ0n) is 15.4.